The van der Waals surface area contributed by atoms with Crippen LogP contribution in [0, 0.1) is 0 Å². The average Bonchev–Trinajstić information content (AvgIpc) is 2.35. The molecule has 0 unspecified atom stereocenters. The van der Waals surface area contributed by atoms with Crippen LogP contribution in [0.3, 0.4) is 0 Å². The number of ether oxygens (including phenoxy) is 1. The molecule has 1 aliphatic heterocycles. The highest BCUT2D eigenvalue weighted by atomic mass is 19.4. The van der Waals surface area contributed by atoms with Crippen molar-refractivity contribution in [2.45, 2.75) is 25.1 Å². The van der Waals surface area contributed by atoms with Gasteiger partial charge in [0.05, 0.1) is 25.9 Å². The first kappa shape index (κ1) is 16.2. The third-order valence-electron chi connectivity index (χ3n) is 2.83. The zero-order valence-electron chi connectivity index (χ0n) is 10.6. The van der Waals surface area contributed by atoms with Crippen molar-refractivity contribution in [1.29, 1.82) is 0 Å². The number of piperidine rings is 1. The van der Waals surface area contributed by atoms with Crippen molar-refractivity contribution in [1.82, 2.24) is 10.2 Å². The van der Waals surface area contributed by atoms with Gasteiger partial charge in [-0.05, 0) is 12.8 Å². The Kier molecular flexibility index (Phi) is 6.53. The minimum atomic E-state index is -4.37. The van der Waals surface area contributed by atoms with Crippen LogP contribution < -0.4 is 5.32 Å². The fraction of sp³-hybridized carbons (Fsp3) is 0.909. The van der Waals surface area contributed by atoms with Gasteiger partial charge in [0, 0.05) is 13.1 Å². The maximum atomic E-state index is 11.9. The first-order chi connectivity index (χ1) is 8.90. The Morgan fingerprint density at radius 1 is 1.37 bits per heavy atom. The van der Waals surface area contributed by atoms with Gasteiger partial charge in [0.2, 0.25) is 5.91 Å². The van der Waals surface area contributed by atoms with Crippen molar-refractivity contribution in [2.24, 2.45) is 0 Å². The Hall–Kier alpha value is -0.860. The minimum Gasteiger partial charge on any atom is -0.394 e. The van der Waals surface area contributed by atoms with Gasteiger partial charge in [-0.15, -0.1) is 0 Å². The number of nitrogens with zero attached hydrogens (tertiary/aromatic N) is 1. The van der Waals surface area contributed by atoms with Crippen LogP contribution in [0.2, 0.25) is 0 Å². The molecule has 0 aromatic carbocycles. The Labute approximate surface area is 109 Å². The van der Waals surface area contributed by atoms with E-state index < -0.39 is 18.6 Å². The molecule has 0 radical (unpaired) electrons. The summed E-state index contributed by atoms with van der Waals surface area (Å²) in [4.78, 5) is 13.1. The van der Waals surface area contributed by atoms with Gasteiger partial charge in [0.25, 0.3) is 0 Å². The molecule has 0 bridgehead atoms. The molecular formula is C11H19F3N2O3. The molecule has 1 amide bonds. The summed E-state index contributed by atoms with van der Waals surface area (Å²) in [5, 5.41) is 10.5. The molecule has 0 aliphatic carbocycles. The first-order valence-corrected chi connectivity index (χ1v) is 6.19. The van der Waals surface area contributed by atoms with Gasteiger partial charge >= 0.3 is 6.18 Å². The van der Waals surface area contributed by atoms with Gasteiger partial charge in [0.15, 0.2) is 0 Å². The number of alkyl halides is 3. The second-order valence-electron chi connectivity index (χ2n) is 4.46. The summed E-state index contributed by atoms with van der Waals surface area (Å²) in [5.74, 6) is -0.618. The van der Waals surface area contributed by atoms with Crippen LogP contribution in [0.1, 0.15) is 12.8 Å². The van der Waals surface area contributed by atoms with Crippen molar-refractivity contribution in [3.8, 4) is 0 Å². The van der Waals surface area contributed by atoms with Gasteiger partial charge in [0.1, 0.15) is 6.54 Å². The maximum Gasteiger partial charge on any atom is 0.405 e. The molecule has 1 rings (SSSR count). The predicted octanol–water partition coefficient (Wildman–Crippen LogP) is 0.138. The zero-order valence-corrected chi connectivity index (χ0v) is 10.6. The Morgan fingerprint density at radius 2 is 2.00 bits per heavy atom. The standard InChI is InChI=1S/C11H19F3N2O3/c12-11(13,14)8-15-10(18)7-16-3-1-9(2-4-16)19-6-5-17/h9,17H,1-8H2,(H,15,18). The molecule has 1 fully saturated rings. The van der Waals surface area contributed by atoms with Crippen LogP contribution in [-0.2, 0) is 9.53 Å². The van der Waals surface area contributed by atoms with E-state index in [4.69, 9.17) is 9.84 Å². The lowest BCUT2D eigenvalue weighted by Crippen LogP contribution is -2.45. The average molecular weight is 284 g/mol. The SMILES string of the molecule is O=C(CN1CCC(OCCO)CC1)NCC(F)(F)F. The Bertz CT molecular complexity index is 279. The number of carbonyl (C=O) groups is 1. The minimum absolute atomic E-state index is 0.0250. The molecular weight excluding hydrogens is 265 g/mol. The van der Waals surface area contributed by atoms with E-state index in [9.17, 15) is 18.0 Å². The summed E-state index contributed by atoms with van der Waals surface area (Å²) in [5.41, 5.74) is 0. The zero-order chi connectivity index (χ0) is 14.3. The van der Waals surface area contributed by atoms with Crippen LogP contribution in [0.25, 0.3) is 0 Å². The highest BCUT2D eigenvalue weighted by molar-refractivity contribution is 5.78. The number of nitrogens with one attached hydrogen (secondary N) is 1. The van der Waals surface area contributed by atoms with Crippen LogP contribution >= 0.6 is 0 Å². The van der Waals surface area contributed by atoms with E-state index >= 15 is 0 Å². The third kappa shape index (κ3) is 7.34. The number of carbonyl (C=O) groups excluding carboxylic acids is 1. The summed E-state index contributed by atoms with van der Waals surface area (Å²) in [6.45, 7) is 0.159. The van der Waals surface area contributed by atoms with Crippen LogP contribution in [-0.4, -0.2) is 67.6 Å². The second kappa shape index (κ2) is 7.66. The van der Waals surface area contributed by atoms with Crippen molar-refractivity contribution in [2.75, 3.05) is 39.4 Å². The molecule has 0 spiro atoms. The molecule has 112 valence electrons. The number of halogens is 3. The van der Waals surface area contributed by atoms with Crippen molar-refractivity contribution in [3.05, 3.63) is 0 Å². The monoisotopic (exact) mass is 284 g/mol. The molecule has 5 nitrogen and oxygen atoms in total. The maximum absolute atomic E-state index is 11.9. The van der Waals surface area contributed by atoms with Gasteiger partial charge in [-0.2, -0.15) is 13.2 Å². The van der Waals surface area contributed by atoms with E-state index in [1.54, 1.807) is 4.90 Å². The quantitative estimate of drug-likeness (QED) is 0.728. The number of amides is 1. The summed E-state index contributed by atoms with van der Waals surface area (Å²) in [6.07, 6.45) is -2.89. The lowest BCUT2D eigenvalue weighted by Gasteiger charge is -2.31. The highest BCUT2D eigenvalue weighted by Crippen LogP contribution is 2.14. The van der Waals surface area contributed by atoms with E-state index in [0.717, 1.165) is 0 Å². The number of hydrogen-bond acceptors (Lipinski definition) is 4. The van der Waals surface area contributed by atoms with E-state index in [-0.39, 0.29) is 25.9 Å². The smallest absolute Gasteiger partial charge is 0.394 e. The van der Waals surface area contributed by atoms with Gasteiger partial charge in [-0.25, -0.2) is 0 Å². The van der Waals surface area contributed by atoms with Gasteiger partial charge < -0.3 is 15.2 Å². The van der Waals surface area contributed by atoms with E-state index in [1.807, 2.05) is 5.32 Å². The number of hydrogen-bond donors (Lipinski definition) is 2. The normalized spacial score (nSPS) is 18.5. The number of aliphatic hydroxyl groups excluding tert-OH is 1. The van der Waals surface area contributed by atoms with Crippen molar-refractivity contribution < 1.29 is 27.8 Å². The molecule has 1 aliphatic rings. The molecule has 1 heterocycles. The molecule has 8 heteroatoms. The van der Waals surface area contributed by atoms with E-state index in [2.05, 4.69) is 0 Å². The molecule has 2 N–H and O–H groups in total. The molecule has 1 saturated heterocycles. The molecule has 19 heavy (non-hydrogen) atoms. The van der Waals surface area contributed by atoms with Crippen LogP contribution in [0.5, 0.6) is 0 Å². The predicted molar refractivity (Wildman–Crippen MR) is 61.6 cm³/mol. The summed E-state index contributed by atoms with van der Waals surface area (Å²) >= 11 is 0. The highest BCUT2D eigenvalue weighted by Gasteiger charge is 2.28. The second-order valence-corrected chi connectivity index (χ2v) is 4.46. The lowest BCUT2D eigenvalue weighted by molar-refractivity contribution is -0.139. The van der Waals surface area contributed by atoms with Crippen molar-refractivity contribution >= 4 is 5.91 Å². The van der Waals surface area contributed by atoms with Crippen molar-refractivity contribution in [3.63, 3.8) is 0 Å². The topological polar surface area (TPSA) is 61.8 Å². The van der Waals surface area contributed by atoms with Gasteiger partial charge in [-0.1, -0.05) is 0 Å². The molecule has 0 aromatic rings. The third-order valence-corrected chi connectivity index (χ3v) is 2.83. The summed E-state index contributed by atoms with van der Waals surface area (Å²) in [6, 6.07) is 0. The molecule has 0 saturated carbocycles. The van der Waals surface area contributed by atoms with E-state index in [0.29, 0.717) is 25.9 Å². The summed E-state index contributed by atoms with van der Waals surface area (Å²) in [7, 11) is 0. The van der Waals surface area contributed by atoms with Crippen LogP contribution in [0.4, 0.5) is 13.2 Å². The number of aliphatic hydroxyl groups is 1. The van der Waals surface area contributed by atoms with Gasteiger partial charge in [-0.3, -0.25) is 9.69 Å². The molecule has 0 atom stereocenters. The fourth-order valence-electron chi connectivity index (χ4n) is 1.91. The summed E-state index contributed by atoms with van der Waals surface area (Å²) < 4.78 is 41.0. The molecule has 0 aromatic heterocycles. The Balaban J connectivity index is 2.16. The van der Waals surface area contributed by atoms with E-state index in [1.165, 1.54) is 0 Å². The number of rotatable bonds is 6. The van der Waals surface area contributed by atoms with Crippen LogP contribution in [0.15, 0.2) is 0 Å². The Morgan fingerprint density at radius 3 is 2.53 bits per heavy atom. The number of likely N-dealkylation sites (tertiary alicyclic amines) is 1. The largest absolute Gasteiger partial charge is 0.405 e. The lowest BCUT2D eigenvalue weighted by atomic mass is 10.1. The first-order valence-electron chi connectivity index (χ1n) is 6.19. The fourth-order valence-corrected chi connectivity index (χ4v) is 1.91.